The number of carbonyl (C=O) groups excluding carboxylic acids is 2. The van der Waals surface area contributed by atoms with Crippen molar-refractivity contribution in [2.24, 2.45) is 0 Å². The normalized spacial score (nSPS) is 12.2. The highest BCUT2D eigenvalue weighted by atomic mass is 32.2. The second-order valence-electron chi connectivity index (χ2n) is 9.06. The van der Waals surface area contributed by atoms with Crippen molar-refractivity contribution in [3.8, 4) is 0 Å². The van der Waals surface area contributed by atoms with Gasteiger partial charge in [0.25, 0.3) is 10.0 Å². The van der Waals surface area contributed by atoms with Gasteiger partial charge in [-0.25, -0.2) is 12.8 Å². The summed E-state index contributed by atoms with van der Waals surface area (Å²) in [5.74, 6) is -1.80. The Morgan fingerprint density at radius 3 is 2.11 bits per heavy atom. The van der Waals surface area contributed by atoms with Crippen LogP contribution in [0.5, 0.6) is 0 Å². The number of carbonyl (C=O) groups is 2. The lowest BCUT2D eigenvalue weighted by Gasteiger charge is -2.32. The van der Waals surface area contributed by atoms with Crippen LogP contribution in [0.3, 0.4) is 0 Å². The van der Waals surface area contributed by atoms with Gasteiger partial charge in [0, 0.05) is 12.6 Å². The van der Waals surface area contributed by atoms with Crippen LogP contribution in [0.1, 0.15) is 31.9 Å². The number of rotatable bonds is 10. The zero-order valence-corrected chi connectivity index (χ0v) is 22.2. The quantitative estimate of drug-likeness (QED) is 0.428. The topological polar surface area (TPSA) is 86.8 Å². The number of amides is 2. The number of aryl methyl sites for hydroxylation is 1. The minimum absolute atomic E-state index is 0.0781. The summed E-state index contributed by atoms with van der Waals surface area (Å²) < 4.78 is 42.9. The summed E-state index contributed by atoms with van der Waals surface area (Å²) in [5.41, 5.74) is 1.47. The fourth-order valence-corrected chi connectivity index (χ4v) is 5.29. The first-order valence-electron chi connectivity index (χ1n) is 12.0. The summed E-state index contributed by atoms with van der Waals surface area (Å²) in [6.07, 6.45) is 0. The number of hydrogen-bond acceptors (Lipinski definition) is 4. The highest BCUT2D eigenvalue weighted by Crippen LogP contribution is 2.27. The number of benzene rings is 3. The van der Waals surface area contributed by atoms with Crippen LogP contribution < -0.4 is 9.62 Å². The maximum Gasteiger partial charge on any atom is 0.264 e. The van der Waals surface area contributed by atoms with Gasteiger partial charge in [-0.3, -0.25) is 13.9 Å². The molecule has 0 saturated heterocycles. The molecule has 3 aromatic carbocycles. The van der Waals surface area contributed by atoms with Gasteiger partial charge in [-0.05, 0) is 63.1 Å². The molecule has 1 N–H and O–H groups in total. The van der Waals surface area contributed by atoms with Gasteiger partial charge in [-0.15, -0.1) is 0 Å². The molecule has 0 aliphatic carbocycles. The molecule has 9 heteroatoms. The molecule has 0 radical (unpaired) electrons. The number of nitrogens with one attached hydrogen (secondary N) is 1. The van der Waals surface area contributed by atoms with E-state index in [-0.39, 0.29) is 29.1 Å². The number of nitrogens with zero attached hydrogens (tertiary/aromatic N) is 2. The maximum atomic E-state index is 14.9. The summed E-state index contributed by atoms with van der Waals surface area (Å²) in [7, 11) is -4.31. The van der Waals surface area contributed by atoms with Gasteiger partial charge in [0.05, 0.1) is 10.6 Å². The van der Waals surface area contributed by atoms with Crippen LogP contribution >= 0.6 is 0 Å². The van der Waals surface area contributed by atoms with Gasteiger partial charge < -0.3 is 10.2 Å². The van der Waals surface area contributed by atoms with Gasteiger partial charge in [-0.1, -0.05) is 54.6 Å². The predicted molar refractivity (Wildman–Crippen MR) is 142 cm³/mol. The van der Waals surface area contributed by atoms with Crippen molar-refractivity contribution >= 4 is 27.5 Å². The Kier molecular flexibility index (Phi) is 9.04. The fourth-order valence-electron chi connectivity index (χ4n) is 3.85. The van der Waals surface area contributed by atoms with Crippen LogP contribution in [0.15, 0.2) is 83.8 Å². The minimum atomic E-state index is -4.31. The van der Waals surface area contributed by atoms with Crippen molar-refractivity contribution in [2.75, 3.05) is 10.8 Å². The van der Waals surface area contributed by atoms with Gasteiger partial charge in [-0.2, -0.15) is 0 Å². The molecule has 0 heterocycles. The minimum Gasteiger partial charge on any atom is -0.352 e. The summed E-state index contributed by atoms with van der Waals surface area (Å²) in [5, 5.41) is 2.80. The van der Waals surface area contributed by atoms with E-state index in [4.69, 9.17) is 0 Å². The maximum absolute atomic E-state index is 14.9. The number of halogens is 1. The fraction of sp³-hybridized carbons (Fsp3) is 0.286. The van der Waals surface area contributed by atoms with Crippen molar-refractivity contribution in [2.45, 2.75) is 51.2 Å². The van der Waals surface area contributed by atoms with E-state index in [1.165, 1.54) is 35.2 Å². The molecule has 196 valence electrons. The van der Waals surface area contributed by atoms with E-state index < -0.39 is 34.3 Å². The molecule has 1 atom stereocenters. The third kappa shape index (κ3) is 6.74. The molecule has 0 aliphatic rings. The third-order valence-corrected chi connectivity index (χ3v) is 7.71. The number of para-hydroxylation sites is 1. The summed E-state index contributed by atoms with van der Waals surface area (Å²) >= 11 is 0. The lowest BCUT2D eigenvalue weighted by Crippen LogP contribution is -2.52. The van der Waals surface area contributed by atoms with Crippen LogP contribution in [0.25, 0.3) is 0 Å². The molecular weight excluding hydrogens is 493 g/mol. The second-order valence-corrected chi connectivity index (χ2v) is 10.9. The Morgan fingerprint density at radius 1 is 0.892 bits per heavy atom. The molecule has 37 heavy (non-hydrogen) atoms. The van der Waals surface area contributed by atoms with Gasteiger partial charge in [0.1, 0.15) is 18.4 Å². The molecule has 7 nitrogen and oxygen atoms in total. The van der Waals surface area contributed by atoms with Crippen molar-refractivity contribution < 1.29 is 22.4 Å². The SMILES string of the molecule is Cc1ccccc1CN(C(=O)CN(c1ccccc1F)S(=O)(=O)c1ccccc1)[C@@H](C)C(=O)NC(C)C. The van der Waals surface area contributed by atoms with Crippen molar-refractivity contribution in [3.05, 3.63) is 95.8 Å². The van der Waals surface area contributed by atoms with Gasteiger partial charge in [0.2, 0.25) is 11.8 Å². The average Bonchev–Trinajstić information content (AvgIpc) is 2.87. The molecule has 3 aromatic rings. The zero-order valence-electron chi connectivity index (χ0n) is 21.4. The molecule has 2 amide bonds. The number of hydrogen-bond donors (Lipinski definition) is 1. The number of anilines is 1. The third-order valence-electron chi connectivity index (χ3n) is 5.93. The van der Waals surface area contributed by atoms with E-state index in [0.717, 1.165) is 21.5 Å². The molecule has 0 unspecified atom stereocenters. The largest absolute Gasteiger partial charge is 0.352 e. The highest BCUT2D eigenvalue weighted by Gasteiger charge is 2.33. The van der Waals surface area contributed by atoms with Crippen molar-refractivity contribution in [1.82, 2.24) is 10.2 Å². The smallest absolute Gasteiger partial charge is 0.264 e. The standard InChI is InChI=1S/C28H32FN3O4S/c1-20(2)30-28(34)22(4)31(18-23-13-9-8-12-21(23)3)27(33)19-32(26-17-11-10-16-25(26)29)37(35,36)24-14-6-5-7-15-24/h5-17,20,22H,18-19H2,1-4H3,(H,30,34)/t22-/m0/s1. The molecule has 0 aromatic heterocycles. The second kappa shape index (κ2) is 12.0. The van der Waals surface area contributed by atoms with Crippen LogP contribution in [0.2, 0.25) is 0 Å². The molecular formula is C28H32FN3O4S. The van der Waals surface area contributed by atoms with E-state index in [1.807, 2.05) is 45.0 Å². The Hall–Kier alpha value is -3.72. The first-order valence-corrected chi connectivity index (χ1v) is 13.4. The monoisotopic (exact) mass is 525 g/mol. The summed E-state index contributed by atoms with van der Waals surface area (Å²) in [4.78, 5) is 27.9. The van der Waals surface area contributed by atoms with Crippen LogP contribution in [0.4, 0.5) is 10.1 Å². The Morgan fingerprint density at radius 2 is 1.49 bits per heavy atom. The molecule has 0 fully saturated rings. The Bertz CT molecular complexity index is 1350. The van der Waals surface area contributed by atoms with Crippen LogP contribution in [0, 0.1) is 12.7 Å². The zero-order chi connectivity index (χ0) is 27.2. The highest BCUT2D eigenvalue weighted by molar-refractivity contribution is 7.92. The first kappa shape index (κ1) is 27.9. The number of sulfonamides is 1. The molecule has 0 spiro atoms. The lowest BCUT2D eigenvalue weighted by molar-refractivity contribution is -0.139. The molecule has 0 aliphatic heterocycles. The van der Waals surface area contributed by atoms with E-state index in [1.54, 1.807) is 25.1 Å². The molecule has 0 saturated carbocycles. The van der Waals surface area contributed by atoms with E-state index in [0.29, 0.717) is 0 Å². The van der Waals surface area contributed by atoms with Crippen LogP contribution in [-0.4, -0.2) is 43.8 Å². The van der Waals surface area contributed by atoms with Crippen molar-refractivity contribution in [1.29, 1.82) is 0 Å². The lowest BCUT2D eigenvalue weighted by atomic mass is 10.1. The van der Waals surface area contributed by atoms with E-state index in [9.17, 15) is 22.4 Å². The molecule has 3 rings (SSSR count). The van der Waals surface area contributed by atoms with Crippen LogP contribution in [-0.2, 0) is 26.2 Å². The van der Waals surface area contributed by atoms with E-state index in [2.05, 4.69) is 5.32 Å². The Balaban J connectivity index is 2.04. The first-order chi connectivity index (χ1) is 17.5. The van der Waals surface area contributed by atoms with E-state index >= 15 is 0 Å². The average molecular weight is 526 g/mol. The van der Waals surface area contributed by atoms with Crippen molar-refractivity contribution in [3.63, 3.8) is 0 Å². The Labute approximate surface area is 218 Å². The predicted octanol–water partition coefficient (Wildman–Crippen LogP) is 4.27. The molecule has 0 bridgehead atoms. The van der Waals surface area contributed by atoms with Gasteiger partial charge >= 0.3 is 0 Å². The van der Waals surface area contributed by atoms with Gasteiger partial charge in [0.15, 0.2) is 0 Å². The summed E-state index contributed by atoms with van der Waals surface area (Å²) in [6.45, 7) is 6.49. The summed E-state index contributed by atoms with van der Waals surface area (Å²) in [6, 6.07) is 19.3.